The van der Waals surface area contributed by atoms with Crippen molar-refractivity contribution in [2.45, 2.75) is 6.42 Å². The van der Waals surface area contributed by atoms with E-state index in [1.54, 1.807) is 37.7 Å². The van der Waals surface area contributed by atoms with Crippen LogP contribution in [-0.2, 0) is 6.42 Å². The van der Waals surface area contributed by atoms with E-state index in [0.717, 1.165) is 5.56 Å². The second kappa shape index (κ2) is 9.39. The Bertz CT molecular complexity index is 948. The molecule has 2 heterocycles. The van der Waals surface area contributed by atoms with E-state index in [9.17, 15) is 4.79 Å². The molecule has 1 N–H and O–H groups in total. The number of rotatable bonds is 7. The lowest BCUT2D eigenvalue weighted by atomic mass is 10.1. The van der Waals surface area contributed by atoms with E-state index in [4.69, 9.17) is 32.7 Å². The minimum Gasteiger partial charge on any atom is -0.493 e. The molecule has 0 unspecified atom stereocenters. The van der Waals surface area contributed by atoms with Crippen LogP contribution < -0.4 is 14.8 Å². The Kier molecular flexibility index (Phi) is 6.68. The van der Waals surface area contributed by atoms with E-state index in [-0.39, 0.29) is 16.0 Å². The molecule has 6 nitrogen and oxygen atoms in total. The van der Waals surface area contributed by atoms with Gasteiger partial charge in [-0.05, 0) is 35.9 Å². The van der Waals surface area contributed by atoms with Gasteiger partial charge in [-0.3, -0.25) is 14.8 Å². The van der Waals surface area contributed by atoms with Gasteiger partial charge in [0.2, 0.25) is 0 Å². The van der Waals surface area contributed by atoms with E-state index in [1.807, 2.05) is 12.1 Å². The molecule has 0 fully saturated rings. The van der Waals surface area contributed by atoms with Crippen molar-refractivity contribution in [3.05, 3.63) is 76.3 Å². The second-order valence-corrected chi connectivity index (χ2v) is 6.57. The van der Waals surface area contributed by atoms with Gasteiger partial charge in [-0.2, -0.15) is 0 Å². The zero-order valence-corrected chi connectivity index (χ0v) is 16.5. The summed E-state index contributed by atoms with van der Waals surface area (Å²) in [7, 11) is 1.54. The molecule has 0 aliphatic heterocycles. The van der Waals surface area contributed by atoms with Gasteiger partial charge in [0, 0.05) is 36.8 Å². The summed E-state index contributed by atoms with van der Waals surface area (Å²) in [6.07, 6.45) is 6.98. The third-order valence-corrected chi connectivity index (χ3v) is 4.49. The number of ether oxygens (including phenoxy) is 2. The predicted molar refractivity (Wildman–Crippen MR) is 109 cm³/mol. The van der Waals surface area contributed by atoms with Crippen LogP contribution in [0.3, 0.4) is 0 Å². The number of hydrogen-bond donors (Lipinski definition) is 1. The summed E-state index contributed by atoms with van der Waals surface area (Å²) in [4.78, 5) is 20.5. The number of anilines is 1. The van der Waals surface area contributed by atoms with Crippen molar-refractivity contribution >= 4 is 34.8 Å². The first kappa shape index (κ1) is 19.9. The monoisotopic (exact) mass is 417 g/mol. The number of amides is 1. The number of hydrogen-bond acceptors (Lipinski definition) is 5. The maximum absolute atomic E-state index is 12.6. The lowest BCUT2D eigenvalue weighted by molar-refractivity contribution is 0.102. The third kappa shape index (κ3) is 4.91. The van der Waals surface area contributed by atoms with Gasteiger partial charge < -0.3 is 14.8 Å². The number of halogens is 2. The smallest absolute Gasteiger partial charge is 0.255 e. The standard InChI is InChI=1S/C20H17Cl2N3O3/c1-27-17-3-2-14(20(26)25-19-15(21)11-24-12-16(19)22)10-18(17)28-9-6-13-4-7-23-8-5-13/h2-5,7-8,10-12H,6,9H2,1H3,(H,24,25,26). The summed E-state index contributed by atoms with van der Waals surface area (Å²) in [5.74, 6) is 0.624. The molecule has 1 amide bonds. The van der Waals surface area contributed by atoms with E-state index in [2.05, 4.69) is 15.3 Å². The number of aromatic nitrogens is 2. The summed E-state index contributed by atoms with van der Waals surface area (Å²) in [5, 5.41) is 3.20. The van der Waals surface area contributed by atoms with Crippen LogP contribution in [0.15, 0.2) is 55.1 Å². The highest BCUT2D eigenvalue weighted by Gasteiger charge is 2.15. The number of nitrogens with zero attached hydrogens (tertiary/aromatic N) is 2. The van der Waals surface area contributed by atoms with E-state index >= 15 is 0 Å². The summed E-state index contributed by atoms with van der Waals surface area (Å²) in [6.45, 7) is 0.424. The maximum Gasteiger partial charge on any atom is 0.255 e. The van der Waals surface area contributed by atoms with Crippen molar-refractivity contribution in [3.8, 4) is 11.5 Å². The Morgan fingerprint density at radius 1 is 1.04 bits per heavy atom. The zero-order valence-electron chi connectivity index (χ0n) is 15.0. The summed E-state index contributed by atoms with van der Waals surface area (Å²) in [5.41, 5.74) is 1.78. The highest BCUT2D eigenvalue weighted by Crippen LogP contribution is 2.31. The fourth-order valence-electron chi connectivity index (χ4n) is 2.48. The Labute approximate surface area is 172 Å². The normalized spacial score (nSPS) is 10.4. The molecule has 3 rings (SSSR count). The van der Waals surface area contributed by atoms with E-state index in [1.165, 1.54) is 12.4 Å². The van der Waals surface area contributed by atoms with Gasteiger partial charge in [0.05, 0.1) is 29.4 Å². The highest BCUT2D eigenvalue weighted by molar-refractivity contribution is 6.39. The average molecular weight is 418 g/mol. The molecule has 0 atom stereocenters. The number of benzene rings is 1. The van der Waals surface area contributed by atoms with Crippen LogP contribution in [0.4, 0.5) is 5.69 Å². The van der Waals surface area contributed by atoms with Gasteiger partial charge in [0.15, 0.2) is 11.5 Å². The molecule has 2 aromatic heterocycles. The van der Waals surface area contributed by atoms with Gasteiger partial charge in [-0.25, -0.2) is 0 Å². The van der Waals surface area contributed by atoms with Crippen LogP contribution >= 0.6 is 23.2 Å². The van der Waals surface area contributed by atoms with Crippen molar-refractivity contribution in [1.82, 2.24) is 9.97 Å². The minimum absolute atomic E-state index is 0.253. The highest BCUT2D eigenvalue weighted by atomic mass is 35.5. The van der Waals surface area contributed by atoms with Crippen LogP contribution in [0.5, 0.6) is 11.5 Å². The van der Waals surface area contributed by atoms with Gasteiger partial charge in [0.1, 0.15) is 0 Å². The molecule has 0 aliphatic carbocycles. The quantitative estimate of drug-likeness (QED) is 0.604. The molecular weight excluding hydrogens is 401 g/mol. The molecule has 3 aromatic rings. The minimum atomic E-state index is -0.378. The van der Waals surface area contributed by atoms with E-state index in [0.29, 0.717) is 35.8 Å². The van der Waals surface area contributed by atoms with Gasteiger partial charge in [-0.15, -0.1) is 0 Å². The third-order valence-electron chi connectivity index (χ3n) is 3.92. The average Bonchev–Trinajstić information content (AvgIpc) is 2.71. The SMILES string of the molecule is COc1ccc(C(=O)Nc2c(Cl)cncc2Cl)cc1OCCc1ccncc1. The first-order valence-corrected chi connectivity index (χ1v) is 9.14. The number of carbonyl (C=O) groups excluding carboxylic acids is 1. The Balaban J connectivity index is 1.73. The van der Waals surface area contributed by atoms with E-state index < -0.39 is 0 Å². The predicted octanol–water partition coefficient (Wildman–Crippen LogP) is 4.67. The zero-order chi connectivity index (χ0) is 19.9. The van der Waals surface area contributed by atoms with Gasteiger partial charge >= 0.3 is 0 Å². The molecule has 1 aromatic carbocycles. The fraction of sp³-hybridized carbons (Fsp3) is 0.150. The Morgan fingerprint density at radius 3 is 2.43 bits per heavy atom. The van der Waals surface area contributed by atoms with Crippen molar-refractivity contribution in [3.63, 3.8) is 0 Å². The molecule has 0 spiro atoms. The first-order chi connectivity index (χ1) is 13.6. The molecule has 144 valence electrons. The van der Waals surface area contributed by atoms with Crippen LogP contribution in [0, 0.1) is 0 Å². The van der Waals surface area contributed by atoms with Crippen LogP contribution in [-0.4, -0.2) is 29.6 Å². The fourth-order valence-corrected chi connectivity index (χ4v) is 2.93. The first-order valence-electron chi connectivity index (χ1n) is 8.38. The molecule has 8 heteroatoms. The Morgan fingerprint density at radius 2 is 1.75 bits per heavy atom. The number of carbonyl (C=O) groups is 1. The van der Waals surface area contributed by atoms with Gasteiger partial charge in [-0.1, -0.05) is 23.2 Å². The molecule has 28 heavy (non-hydrogen) atoms. The largest absolute Gasteiger partial charge is 0.493 e. The Hall–Kier alpha value is -2.83. The number of pyridine rings is 2. The van der Waals surface area contributed by atoms with Crippen molar-refractivity contribution < 1.29 is 14.3 Å². The van der Waals surface area contributed by atoms with Crippen LogP contribution in [0.25, 0.3) is 0 Å². The maximum atomic E-state index is 12.6. The topological polar surface area (TPSA) is 73.3 Å². The van der Waals surface area contributed by atoms with Crippen molar-refractivity contribution in [2.75, 3.05) is 19.0 Å². The summed E-state index contributed by atoms with van der Waals surface area (Å²) in [6, 6.07) is 8.77. The molecule has 0 aliphatic rings. The van der Waals surface area contributed by atoms with Gasteiger partial charge in [0.25, 0.3) is 5.91 Å². The number of nitrogens with one attached hydrogen (secondary N) is 1. The lowest BCUT2D eigenvalue weighted by Gasteiger charge is -2.13. The number of methoxy groups -OCH3 is 1. The van der Waals surface area contributed by atoms with Crippen molar-refractivity contribution in [1.29, 1.82) is 0 Å². The van der Waals surface area contributed by atoms with Crippen LogP contribution in [0.1, 0.15) is 15.9 Å². The lowest BCUT2D eigenvalue weighted by Crippen LogP contribution is -2.13. The molecular formula is C20H17Cl2N3O3. The molecule has 0 radical (unpaired) electrons. The molecule has 0 bridgehead atoms. The molecule has 0 saturated heterocycles. The summed E-state index contributed by atoms with van der Waals surface area (Å²) >= 11 is 12.1. The van der Waals surface area contributed by atoms with Crippen LogP contribution in [0.2, 0.25) is 10.0 Å². The summed E-state index contributed by atoms with van der Waals surface area (Å²) < 4.78 is 11.2. The second-order valence-electron chi connectivity index (χ2n) is 5.75. The van der Waals surface area contributed by atoms with Crippen molar-refractivity contribution in [2.24, 2.45) is 0 Å². The molecule has 0 saturated carbocycles.